The van der Waals surface area contributed by atoms with Crippen molar-refractivity contribution in [1.29, 1.82) is 0 Å². The standard InChI is InChI=1S/C14H14N4O3/c1-18-7-15-12(17-18)8-2-4-9(5-3-8)16-13(19)10-6-11(10)14(20)21/h2-5,7,10-11H,6H2,1H3,(H,16,19)(H,20,21)/t10-,11+/m1/s1. The van der Waals surface area contributed by atoms with Crippen molar-refractivity contribution >= 4 is 17.6 Å². The topological polar surface area (TPSA) is 97.1 Å². The van der Waals surface area contributed by atoms with Crippen LogP contribution < -0.4 is 5.32 Å². The number of carbonyl (C=O) groups excluding carboxylic acids is 1. The van der Waals surface area contributed by atoms with Crippen LogP contribution in [0.1, 0.15) is 6.42 Å². The monoisotopic (exact) mass is 286 g/mol. The minimum atomic E-state index is -0.910. The fourth-order valence-electron chi connectivity index (χ4n) is 2.17. The molecule has 21 heavy (non-hydrogen) atoms. The highest BCUT2D eigenvalue weighted by atomic mass is 16.4. The Morgan fingerprint density at radius 3 is 2.52 bits per heavy atom. The number of anilines is 1. The van der Waals surface area contributed by atoms with Crippen LogP contribution in [0.4, 0.5) is 5.69 Å². The van der Waals surface area contributed by atoms with Crippen LogP contribution in [0, 0.1) is 11.8 Å². The van der Waals surface area contributed by atoms with Gasteiger partial charge in [0.25, 0.3) is 0 Å². The molecule has 0 radical (unpaired) electrons. The average Bonchev–Trinajstić information content (AvgIpc) is 3.16. The van der Waals surface area contributed by atoms with Gasteiger partial charge in [0.2, 0.25) is 5.91 Å². The number of aliphatic carboxylic acids is 1. The van der Waals surface area contributed by atoms with E-state index in [1.54, 1.807) is 30.2 Å². The molecule has 1 aliphatic carbocycles. The fourth-order valence-corrected chi connectivity index (χ4v) is 2.17. The van der Waals surface area contributed by atoms with Crippen molar-refractivity contribution in [3.63, 3.8) is 0 Å². The third kappa shape index (κ3) is 2.76. The summed E-state index contributed by atoms with van der Waals surface area (Å²) in [5.74, 6) is -1.50. The first-order valence-corrected chi connectivity index (χ1v) is 6.54. The van der Waals surface area contributed by atoms with Crippen LogP contribution in [0.2, 0.25) is 0 Å². The van der Waals surface area contributed by atoms with E-state index in [0.29, 0.717) is 17.9 Å². The Bertz CT molecular complexity index is 692. The van der Waals surface area contributed by atoms with Gasteiger partial charge in [0.15, 0.2) is 5.82 Å². The maximum absolute atomic E-state index is 11.8. The van der Waals surface area contributed by atoms with Gasteiger partial charge in [-0.1, -0.05) is 0 Å². The third-order valence-corrected chi connectivity index (χ3v) is 3.45. The summed E-state index contributed by atoms with van der Waals surface area (Å²) in [6, 6.07) is 7.13. The molecule has 108 valence electrons. The van der Waals surface area contributed by atoms with Crippen LogP contribution in [-0.4, -0.2) is 31.7 Å². The van der Waals surface area contributed by atoms with Gasteiger partial charge >= 0.3 is 5.97 Å². The molecule has 0 aliphatic heterocycles. The number of benzene rings is 1. The highest BCUT2D eigenvalue weighted by Crippen LogP contribution is 2.39. The Morgan fingerprint density at radius 2 is 2.00 bits per heavy atom. The summed E-state index contributed by atoms with van der Waals surface area (Å²) in [4.78, 5) is 26.7. The van der Waals surface area contributed by atoms with Gasteiger partial charge in [0.05, 0.1) is 11.8 Å². The molecule has 3 rings (SSSR count). The largest absolute Gasteiger partial charge is 0.481 e. The van der Waals surface area contributed by atoms with Gasteiger partial charge in [0.1, 0.15) is 6.33 Å². The number of nitrogens with one attached hydrogen (secondary N) is 1. The van der Waals surface area contributed by atoms with Crippen LogP contribution in [-0.2, 0) is 16.6 Å². The fraction of sp³-hybridized carbons (Fsp3) is 0.286. The Kier molecular flexibility index (Phi) is 3.17. The van der Waals surface area contributed by atoms with Crippen LogP contribution in [0.25, 0.3) is 11.4 Å². The smallest absolute Gasteiger partial charge is 0.307 e. The second-order valence-corrected chi connectivity index (χ2v) is 5.10. The summed E-state index contributed by atoms with van der Waals surface area (Å²) < 4.78 is 1.62. The summed E-state index contributed by atoms with van der Waals surface area (Å²) in [5.41, 5.74) is 1.49. The second-order valence-electron chi connectivity index (χ2n) is 5.10. The number of amides is 1. The van der Waals surface area contributed by atoms with E-state index >= 15 is 0 Å². The normalized spacial score (nSPS) is 20.0. The van der Waals surface area contributed by atoms with Crippen LogP contribution in [0.3, 0.4) is 0 Å². The average molecular weight is 286 g/mol. The van der Waals surface area contributed by atoms with Crippen molar-refractivity contribution in [2.45, 2.75) is 6.42 Å². The zero-order valence-corrected chi connectivity index (χ0v) is 11.4. The Hall–Kier alpha value is -2.70. The van der Waals surface area contributed by atoms with Crippen molar-refractivity contribution in [3.8, 4) is 11.4 Å². The van der Waals surface area contributed by atoms with E-state index in [4.69, 9.17) is 5.11 Å². The lowest BCUT2D eigenvalue weighted by atomic mass is 10.2. The molecule has 1 saturated carbocycles. The molecule has 1 aliphatic rings. The quantitative estimate of drug-likeness (QED) is 0.878. The number of rotatable bonds is 4. The zero-order chi connectivity index (χ0) is 15.0. The van der Waals surface area contributed by atoms with E-state index in [2.05, 4.69) is 15.4 Å². The molecule has 1 fully saturated rings. The number of aromatic nitrogens is 3. The maximum Gasteiger partial charge on any atom is 0.307 e. The van der Waals surface area contributed by atoms with Gasteiger partial charge in [0, 0.05) is 18.3 Å². The number of nitrogens with zero attached hydrogens (tertiary/aromatic N) is 3. The van der Waals surface area contributed by atoms with Crippen molar-refractivity contribution in [2.24, 2.45) is 18.9 Å². The zero-order valence-electron chi connectivity index (χ0n) is 11.4. The molecule has 2 atom stereocenters. The lowest BCUT2D eigenvalue weighted by molar-refractivity contribution is -0.139. The molecule has 1 aromatic carbocycles. The Morgan fingerprint density at radius 1 is 1.29 bits per heavy atom. The first kappa shape index (κ1) is 13.3. The maximum atomic E-state index is 11.8. The van der Waals surface area contributed by atoms with E-state index < -0.39 is 17.8 Å². The summed E-state index contributed by atoms with van der Waals surface area (Å²) in [6.07, 6.45) is 2.03. The lowest BCUT2D eigenvalue weighted by Gasteiger charge is -2.05. The number of carbonyl (C=O) groups is 2. The Labute approximate surface area is 120 Å². The van der Waals surface area contributed by atoms with Gasteiger partial charge in [-0.2, -0.15) is 5.10 Å². The minimum absolute atomic E-state index is 0.244. The molecule has 1 amide bonds. The molecule has 0 bridgehead atoms. The van der Waals surface area contributed by atoms with Crippen molar-refractivity contribution in [1.82, 2.24) is 14.8 Å². The van der Waals surface area contributed by atoms with Crippen LogP contribution in [0.5, 0.6) is 0 Å². The number of carboxylic acids is 1. The molecule has 0 saturated heterocycles. The molecule has 1 aromatic heterocycles. The second kappa shape index (κ2) is 5.01. The van der Waals surface area contributed by atoms with E-state index in [1.807, 2.05) is 12.1 Å². The number of aryl methyl sites for hydroxylation is 1. The third-order valence-electron chi connectivity index (χ3n) is 3.45. The highest BCUT2D eigenvalue weighted by Gasteiger charge is 2.48. The summed E-state index contributed by atoms with van der Waals surface area (Å²) in [5, 5.41) is 15.7. The molecule has 2 aromatic rings. The van der Waals surface area contributed by atoms with Crippen molar-refractivity contribution in [3.05, 3.63) is 30.6 Å². The Balaban J connectivity index is 1.65. The summed E-state index contributed by atoms with van der Waals surface area (Å²) in [7, 11) is 1.79. The lowest BCUT2D eigenvalue weighted by Crippen LogP contribution is -2.16. The van der Waals surface area contributed by atoms with Crippen LogP contribution in [0.15, 0.2) is 30.6 Å². The first-order chi connectivity index (χ1) is 10.0. The van der Waals surface area contributed by atoms with Gasteiger partial charge in [-0.15, -0.1) is 0 Å². The summed E-state index contributed by atoms with van der Waals surface area (Å²) in [6.45, 7) is 0. The summed E-state index contributed by atoms with van der Waals surface area (Å²) >= 11 is 0. The van der Waals surface area contributed by atoms with Crippen molar-refractivity contribution in [2.75, 3.05) is 5.32 Å². The van der Waals surface area contributed by atoms with Gasteiger partial charge in [-0.25, -0.2) is 4.98 Å². The molecule has 1 heterocycles. The SMILES string of the molecule is Cn1cnc(-c2ccc(NC(=O)[C@@H]3C[C@@H]3C(=O)O)cc2)n1. The van der Waals surface area contributed by atoms with E-state index in [1.165, 1.54) is 0 Å². The predicted octanol–water partition coefficient (Wildman–Crippen LogP) is 1.14. The van der Waals surface area contributed by atoms with Crippen molar-refractivity contribution < 1.29 is 14.7 Å². The number of carboxylic acid groups (broad SMARTS) is 1. The van der Waals surface area contributed by atoms with E-state index in [9.17, 15) is 9.59 Å². The van der Waals surface area contributed by atoms with Gasteiger partial charge in [-0.05, 0) is 30.7 Å². The first-order valence-electron chi connectivity index (χ1n) is 6.54. The molecule has 2 N–H and O–H groups in total. The van der Waals surface area contributed by atoms with E-state index in [-0.39, 0.29) is 5.91 Å². The molecule has 7 heteroatoms. The van der Waals surface area contributed by atoms with E-state index in [0.717, 1.165) is 5.56 Å². The minimum Gasteiger partial charge on any atom is -0.481 e. The molecular weight excluding hydrogens is 272 g/mol. The van der Waals surface area contributed by atoms with Gasteiger partial charge in [-0.3, -0.25) is 14.3 Å². The van der Waals surface area contributed by atoms with Gasteiger partial charge < -0.3 is 10.4 Å². The molecular formula is C14H14N4O3. The number of hydrogen-bond acceptors (Lipinski definition) is 4. The molecule has 0 spiro atoms. The molecule has 7 nitrogen and oxygen atoms in total. The van der Waals surface area contributed by atoms with Crippen LogP contribution >= 0.6 is 0 Å². The highest BCUT2D eigenvalue weighted by molar-refractivity contribution is 5.98. The predicted molar refractivity (Wildman–Crippen MR) is 74.3 cm³/mol. The molecule has 0 unspecified atom stereocenters. The number of hydrogen-bond donors (Lipinski definition) is 2.